The standard InChI is InChI=1S/C21H20N4O2S/c22-11-15-1-3-16(4-2-15)20-10-19(9-17-12-25(14-23)13-21(17)20)24-18-5-7-28(26,27)8-6-18/h1-4,9-10,18,24H,5-8,12-13H2. The number of nitrogens with zero attached hydrogens (tertiary/aromatic N) is 3. The Labute approximate surface area is 164 Å². The summed E-state index contributed by atoms with van der Waals surface area (Å²) in [5.74, 6) is 0.445. The van der Waals surface area contributed by atoms with Crippen molar-refractivity contribution in [2.75, 3.05) is 16.8 Å². The molecule has 2 aromatic carbocycles. The molecule has 0 saturated carbocycles. The fourth-order valence-corrected chi connectivity index (χ4v) is 5.41. The van der Waals surface area contributed by atoms with Gasteiger partial charge in [-0.15, -0.1) is 0 Å². The second kappa shape index (κ2) is 7.18. The highest BCUT2D eigenvalue weighted by molar-refractivity contribution is 7.91. The molecule has 0 aliphatic carbocycles. The van der Waals surface area contributed by atoms with Gasteiger partial charge in [0.1, 0.15) is 9.84 Å². The van der Waals surface area contributed by atoms with Crippen LogP contribution >= 0.6 is 0 Å². The first kappa shape index (κ1) is 18.3. The monoisotopic (exact) mass is 392 g/mol. The zero-order chi connectivity index (χ0) is 19.7. The second-order valence-corrected chi connectivity index (χ2v) is 9.68. The minimum Gasteiger partial charge on any atom is -0.382 e. The van der Waals surface area contributed by atoms with Crippen molar-refractivity contribution in [2.45, 2.75) is 32.0 Å². The zero-order valence-electron chi connectivity index (χ0n) is 15.4. The Morgan fingerprint density at radius 2 is 1.75 bits per heavy atom. The smallest absolute Gasteiger partial charge is 0.179 e. The summed E-state index contributed by atoms with van der Waals surface area (Å²) in [7, 11) is -2.90. The van der Waals surface area contributed by atoms with E-state index in [2.05, 4.69) is 29.7 Å². The van der Waals surface area contributed by atoms with Crippen molar-refractivity contribution in [3.63, 3.8) is 0 Å². The third kappa shape index (κ3) is 3.67. The van der Waals surface area contributed by atoms with E-state index in [1.165, 1.54) is 0 Å². The lowest BCUT2D eigenvalue weighted by Gasteiger charge is -2.25. The maximum atomic E-state index is 11.7. The molecule has 7 heteroatoms. The zero-order valence-corrected chi connectivity index (χ0v) is 16.2. The van der Waals surface area contributed by atoms with Crippen LogP contribution in [-0.4, -0.2) is 30.9 Å². The van der Waals surface area contributed by atoms with E-state index < -0.39 is 9.84 Å². The third-order valence-electron chi connectivity index (χ3n) is 5.44. The van der Waals surface area contributed by atoms with Gasteiger partial charge in [-0.05, 0) is 59.4 Å². The van der Waals surface area contributed by atoms with Crippen molar-refractivity contribution >= 4 is 15.5 Å². The second-order valence-electron chi connectivity index (χ2n) is 7.38. The summed E-state index contributed by atoms with van der Waals surface area (Å²) in [4.78, 5) is 1.72. The van der Waals surface area contributed by atoms with E-state index in [-0.39, 0.29) is 17.5 Å². The highest BCUT2D eigenvalue weighted by atomic mass is 32.2. The van der Waals surface area contributed by atoms with Gasteiger partial charge in [0, 0.05) is 11.7 Å². The Morgan fingerprint density at radius 3 is 2.39 bits per heavy atom. The highest BCUT2D eigenvalue weighted by Gasteiger charge is 2.26. The molecule has 0 radical (unpaired) electrons. The van der Waals surface area contributed by atoms with E-state index in [9.17, 15) is 13.7 Å². The van der Waals surface area contributed by atoms with Gasteiger partial charge in [0.15, 0.2) is 6.19 Å². The Morgan fingerprint density at radius 1 is 1.04 bits per heavy atom. The highest BCUT2D eigenvalue weighted by Crippen LogP contribution is 2.36. The van der Waals surface area contributed by atoms with Crippen LogP contribution in [0.25, 0.3) is 11.1 Å². The van der Waals surface area contributed by atoms with Gasteiger partial charge in [-0.25, -0.2) is 8.42 Å². The average Bonchev–Trinajstić information content (AvgIpc) is 3.12. The van der Waals surface area contributed by atoms with Crippen molar-refractivity contribution in [3.8, 4) is 23.4 Å². The van der Waals surface area contributed by atoms with Crippen LogP contribution in [0, 0.1) is 22.8 Å². The first-order valence-corrected chi connectivity index (χ1v) is 11.1. The molecule has 2 aromatic rings. The first-order chi connectivity index (χ1) is 13.5. The molecule has 0 atom stereocenters. The normalized spacial score (nSPS) is 18.1. The largest absolute Gasteiger partial charge is 0.382 e. The quantitative estimate of drug-likeness (QED) is 0.807. The van der Waals surface area contributed by atoms with Crippen LogP contribution in [0.15, 0.2) is 36.4 Å². The Bertz CT molecular complexity index is 1080. The van der Waals surface area contributed by atoms with E-state index in [0.29, 0.717) is 31.5 Å². The summed E-state index contributed by atoms with van der Waals surface area (Å²) in [5, 5.41) is 21.8. The number of hydrogen-bond acceptors (Lipinski definition) is 6. The van der Waals surface area contributed by atoms with Gasteiger partial charge >= 0.3 is 0 Å². The lowest BCUT2D eigenvalue weighted by molar-refractivity contribution is 0.417. The molecule has 2 aliphatic rings. The lowest BCUT2D eigenvalue weighted by Crippen LogP contribution is -2.32. The number of sulfone groups is 1. The molecule has 0 bridgehead atoms. The summed E-state index contributed by atoms with van der Waals surface area (Å²) in [6, 6.07) is 13.9. The van der Waals surface area contributed by atoms with Crippen molar-refractivity contribution in [2.24, 2.45) is 0 Å². The molecular formula is C21H20N4O2S. The molecule has 1 fully saturated rings. The molecule has 1 N–H and O–H groups in total. The van der Waals surface area contributed by atoms with Crippen molar-refractivity contribution in [3.05, 3.63) is 53.1 Å². The predicted molar refractivity (Wildman–Crippen MR) is 107 cm³/mol. The summed E-state index contributed by atoms with van der Waals surface area (Å²) >= 11 is 0. The van der Waals surface area contributed by atoms with Gasteiger partial charge in [-0.3, -0.25) is 0 Å². The van der Waals surface area contributed by atoms with Crippen LogP contribution in [0.2, 0.25) is 0 Å². The molecule has 142 valence electrons. The molecule has 4 rings (SSSR count). The molecule has 28 heavy (non-hydrogen) atoms. The Kier molecular flexibility index (Phi) is 4.70. The molecule has 0 spiro atoms. The van der Waals surface area contributed by atoms with Crippen LogP contribution in [0.3, 0.4) is 0 Å². The average molecular weight is 392 g/mol. The predicted octanol–water partition coefficient (Wildman–Crippen LogP) is 3.01. The Hall–Kier alpha value is -3.03. The topological polar surface area (TPSA) is 97.0 Å². The number of fused-ring (bicyclic) bond motifs is 1. The van der Waals surface area contributed by atoms with Crippen LogP contribution in [0.5, 0.6) is 0 Å². The third-order valence-corrected chi connectivity index (χ3v) is 7.16. The van der Waals surface area contributed by atoms with Crippen molar-refractivity contribution in [1.29, 1.82) is 10.5 Å². The van der Waals surface area contributed by atoms with Gasteiger partial charge in [0.25, 0.3) is 0 Å². The van der Waals surface area contributed by atoms with Crippen molar-refractivity contribution < 1.29 is 8.42 Å². The molecular weight excluding hydrogens is 372 g/mol. The molecule has 6 nitrogen and oxygen atoms in total. The van der Waals surface area contributed by atoms with E-state index in [1.54, 1.807) is 17.0 Å². The number of nitriles is 2. The number of rotatable bonds is 3. The number of benzene rings is 2. The maximum Gasteiger partial charge on any atom is 0.179 e. The maximum absolute atomic E-state index is 11.7. The minimum atomic E-state index is -2.90. The lowest BCUT2D eigenvalue weighted by atomic mass is 9.95. The fraction of sp³-hybridized carbons (Fsp3) is 0.333. The molecule has 0 unspecified atom stereocenters. The van der Waals surface area contributed by atoms with Gasteiger partial charge in [-0.2, -0.15) is 10.5 Å². The fourth-order valence-electron chi connectivity index (χ4n) is 3.92. The number of hydrogen-bond donors (Lipinski definition) is 1. The van der Waals surface area contributed by atoms with E-state index >= 15 is 0 Å². The summed E-state index contributed by atoms with van der Waals surface area (Å²) < 4.78 is 23.4. The SMILES string of the molecule is N#Cc1ccc(-c2cc(NC3CCS(=O)(=O)CC3)cc3c2CN(C#N)C3)cc1. The Balaban J connectivity index is 1.67. The first-order valence-electron chi connectivity index (χ1n) is 9.25. The molecule has 0 amide bonds. The van der Waals surface area contributed by atoms with Gasteiger partial charge in [-0.1, -0.05) is 12.1 Å². The van der Waals surface area contributed by atoms with E-state index in [1.807, 2.05) is 12.1 Å². The molecule has 1 saturated heterocycles. The molecule has 2 aliphatic heterocycles. The summed E-state index contributed by atoms with van der Waals surface area (Å²) in [6.45, 7) is 1.15. The van der Waals surface area contributed by atoms with Gasteiger partial charge < -0.3 is 10.2 Å². The number of anilines is 1. The van der Waals surface area contributed by atoms with Crippen LogP contribution in [0.4, 0.5) is 5.69 Å². The van der Waals surface area contributed by atoms with E-state index in [4.69, 9.17) is 5.26 Å². The van der Waals surface area contributed by atoms with Crippen LogP contribution in [-0.2, 0) is 22.9 Å². The molecule has 0 aromatic heterocycles. The molecule has 2 heterocycles. The summed E-state index contributed by atoms with van der Waals surface area (Å²) in [6.07, 6.45) is 3.43. The van der Waals surface area contributed by atoms with Crippen molar-refractivity contribution in [1.82, 2.24) is 4.90 Å². The summed E-state index contributed by atoms with van der Waals surface area (Å²) in [5.41, 5.74) is 5.84. The van der Waals surface area contributed by atoms with Gasteiger partial charge in [0.2, 0.25) is 0 Å². The number of nitrogens with one attached hydrogen (secondary N) is 1. The van der Waals surface area contributed by atoms with E-state index in [0.717, 1.165) is 27.9 Å². The van der Waals surface area contributed by atoms with Crippen LogP contribution < -0.4 is 5.32 Å². The van der Waals surface area contributed by atoms with Gasteiger partial charge in [0.05, 0.1) is 36.2 Å². The minimum absolute atomic E-state index is 0.129. The van der Waals surface area contributed by atoms with Crippen LogP contribution in [0.1, 0.15) is 29.5 Å².